The molecule has 142 valence electrons. The SMILES string of the molecule is O=C(CSc1nnc(-c2cccnc2)n1C1CC1)N1CCCc2ccccc21. The van der Waals surface area contributed by atoms with Crippen molar-refractivity contribution < 1.29 is 4.79 Å². The molecule has 5 rings (SSSR count). The van der Waals surface area contributed by atoms with E-state index >= 15 is 0 Å². The van der Waals surface area contributed by atoms with Crippen LogP contribution < -0.4 is 4.90 Å². The Morgan fingerprint density at radius 3 is 2.86 bits per heavy atom. The van der Waals surface area contributed by atoms with E-state index in [2.05, 4.69) is 25.8 Å². The third kappa shape index (κ3) is 3.30. The minimum atomic E-state index is 0.130. The van der Waals surface area contributed by atoms with Gasteiger partial charge in [-0.3, -0.25) is 14.3 Å². The fourth-order valence-corrected chi connectivity index (χ4v) is 4.61. The normalized spacial score (nSPS) is 16.1. The van der Waals surface area contributed by atoms with E-state index in [1.54, 1.807) is 6.20 Å². The van der Waals surface area contributed by atoms with Gasteiger partial charge in [0.05, 0.1) is 5.75 Å². The quantitative estimate of drug-likeness (QED) is 0.620. The van der Waals surface area contributed by atoms with Crippen molar-refractivity contribution in [1.82, 2.24) is 19.7 Å². The molecule has 1 saturated carbocycles. The number of carbonyl (C=O) groups is 1. The number of pyridine rings is 1. The monoisotopic (exact) mass is 391 g/mol. The summed E-state index contributed by atoms with van der Waals surface area (Å²) in [5.74, 6) is 1.34. The molecule has 2 aliphatic rings. The van der Waals surface area contributed by atoms with Crippen LogP contribution in [0.1, 0.15) is 30.9 Å². The summed E-state index contributed by atoms with van der Waals surface area (Å²) in [5, 5.41) is 9.61. The second-order valence-corrected chi connectivity index (χ2v) is 8.16. The number of fused-ring (bicyclic) bond motifs is 1. The number of aromatic nitrogens is 4. The molecule has 0 N–H and O–H groups in total. The molecule has 0 unspecified atom stereocenters. The number of hydrogen-bond acceptors (Lipinski definition) is 5. The molecule has 28 heavy (non-hydrogen) atoms. The number of para-hydroxylation sites is 1. The van der Waals surface area contributed by atoms with E-state index in [1.807, 2.05) is 41.4 Å². The lowest BCUT2D eigenvalue weighted by atomic mass is 10.0. The zero-order valence-electron chi connectivity index (χ0n) is 15.5. The molecule has 2 aromatic heterocycles. The van der Waals surface area contributed by atoms with Crippen LogP contribution >= 0.6 is 11.8 Å². The van der Waals surface area contributed by atoms with Crippen molar-refractivity contribution in [2.75, 3.05) is 17.2 Å². The van der Waals surface area contributed by atoms with Gasteiger partial charge < -0.3 is 4.90 Å². The van der Waals surface area contributed by atoms with Gasteiger partial charge in [0.1, 0.15) is 0 Å². The van der Waals surface area contributed by atoms with Crippen LogP contribution in [0.3, 0.4) is 0 Å². The Kier molecular flexibility index (Phi) is 4.60. The Balaban J connectivity index is 1.35. The topological polar surface area (TPSA) is 63.9 Å². The number of thioether (sulfide) groups is 1. The van der Waals surface area contributed by atoms with Crippen molar-refractivity contribution in [3.63, 3.8) is 0 Å². The van der Waals surface area contributed by atoms with Gasteiger partial charge in [-0.05, 0) is 49.4 Å². The Labute approximate surface area is 168 Å². The molecule has 0 spiro atoms. The molecule has 0 radical (unpaired) electrons. The molecule has 1 fully saturated rings. The smallest absolute Gasteiger partial charge is 0.237 e. The van der Waals surface area contributed by atoms with E-state index < -0.39 is 0 Å². The molecule has 0 atom stereocenters. The first kappa shape index (κ1) is 17.4. The highest BCUT2D eigenvalue weighted by molar-refractivity contribution is 7.99. The highest BCUT2D eigenvalue weighted by Gasteiger charge is 2.31. The standard InChI is InChI=1S/C21H21N5OS/c27-19(25-12-4-7-15-5-1-2-8-18(15)25)14-28-21-24-23-20(26(21)17-9-10-17)16-6-3-11-22-13-16/h1-3,5-6,8,11,13,17H,4,7,9-10,12,14H2. The van der Waals surface area contributed by atoms with Crippen LogP contribution in [-0.4, -0.2) is 38.0 Å². The number of hydrogen-bond donors (Lipinski definition) is 0. The Hall–Kier alpha value is -2.67. The molecule has 0 saturated heterocycles. The number of benzene rings is 1. The molecule has 1 aliphatic carbocycles. The average molecular weight is 392 g/mol. The molecule has 6 nitrogen and oxygen atoms in total. The highest BCUT2D eigenvalue weighted by Crippen LogP contribution is 2.41. The largest absolute Gasteiger partial charge is 0.311 e. The van der Waals surface area contributed by atoms with Crippen LogP contribution in [0.15, 0.2) is 53.9 Å². The maximum atomic E-state index is 12.9. The molecule has 3 aromatic rings. The lowest BCUT2D eigenvalue weighted by molar-refractivity contribution is -0.116. The van der Waals surface area contributed by atoms with Crippen LogP contribution in [0.25, 0.3) is 11.4 Å². The third-order valence-corrected chi connectivity index (χ3v) is 6.16. The summed E-state index contributed by atoms with van der Waals surface area (Å²) in [6.07, 6.45) is 7.88. The van der Waals surface area contributed by atoms with Gasteiger partial charge >= 0.3 is 0 Å². The van der Waals surface area contributed by atoms with E-state index in [1.165, 1.54) is 17.3 Å². The summed E-state index contributed by atoms with van der Waals surface area (Å²) in [7, 11) is 0. The summed E-state index contributed by atoms with van der Waals surface area (Å²) in [4.78, 5) is 19.1. The number of carbonyl (C=O) groups excluding carboxylic acids is 1. The van der Waals surface area contributed by atoms with Crippen molar-refractivity contribution >= 4 is 23.4 Å². The number of amides is 1. The maximum Gasteiger partial charge on any atom is 0.237 e. The van der Waals surface area contributed by atoms with Crippen molar-refractivity contribution in [2.24, 2.45) is 0 Å². The number of rotatable bonds is 5. The molecule has 3 heterocycles. The molecule has 1 aliphatic heterocycles. The zero-order valence-corrected chi connectivity index (χ0v) is 16.3. The van der Waals surface area contributed by atoms with Crippen LogP contribution in [0.2, 0.25) is 0 Å². The van der Waals surface area contributed by atoms with Gasteiger partial charge in [-0.25, -0.2) is 0 Å². The van der Waals surface area contributed by atoms with Crippen molar-refractivity contribution in [2.45, 2.75) is 36.9 Å². The Bertz CT molecular complexity index is 999. The number of aryl methyl sites for hydroxylation is 1. The van der Waals surface area contributed by atoms with E-state index in [4.69, 9.17) is 0 Å². The van der Waals surface area contributed by atoms with E-state index in [0.29, 0.717) is 11.8 Å². The van der Waals surface area contributed by atoms with Crippen molar-refractivity contribution in [3.05, 3.63) is 54.4 Å². The Morgan fingerprint density at radius 2 is 2.04 bits per heavy atom. The predicted molar refractivity (Wildman–Crippen MR) is 109 cm³/mol. The highest BCUT2D eigenvalue weighted by atomic mass is 32.2. The van der Waals surface area contributed by atoms with Gasteiger partial charge in [-0.1, -0.05) is 30.0 Å². The first-order valence-corrected chi connectivity index (χ1v) is 10.7. The van der Waals surface area contributed by atoms with Gasteiger partial charge in [0, 0.05) is 36.2 Å². The Morgan fingerprint density at radius 1 is 1.14 bits per heavy atom. The molecular formula is C21H21N5OS. The fraction of sp³-hybridized carbons (Fsp3) is 0.333. The second-order valence-electron chi connectivity index (χ2n) is 7.22. The van der Waals surface area contributed by atoms with E-state index in [0.717, 1.165) is 54.5 Å². The minimum absolute atomic E-state index is 0.130. The number of anilines is 1. The van der Waals surface area contributed by atoms with Crippen LogP contribution in [0, 0.1) is 0 Å². The summed E-state index contributed by atoms with van der Waals surface area (Å²) >= 11 is 1.49. The number of nitrogens with zero attached hydrogens (tertiary/aromatic N) is 5. The van der Waals surface area contributed by atoms with Gasteiger partial charge in [-0.15, -0.1) is 10.2 Å². The van der Waals surface area contributed by atoms with Gasteiger partial charge in [0.2, 0.25) is 5.91 Å². The summed E-state index contributed by atoms with van der Waals surface area (Å²) in [6, 6.07) is 12.5. The fourth-order valence-electron chi connectivity index (χ4n) is 3.73. The van der Waals surface area contributed by atoms with Crippen LogP contribution in [0.4, 0.5) is 5.69 Å². The summed E-state index contributed by atoms with van der Waals surface area (Å²) in [6.45, 7) is 0.784. The molecular weight excluding hydrogens is 370 g/mol. The first-order valence-electron chi connectivity index (χ1n) is 9.67. The lowest BCUT2D eigenvalue weighted by Crippen LogP contribution is -2.36. The van der Waals surface area contributed by atoms with Crippen molar-refractivity contribution in [1.29, 1.82) is 0 Å². The third-order valence-electron chi connectivity index (χ3n) is 5.23. The predicted octanol–water partition coefficient (Wildman–Crippen LogP) is 3.75. The summed E-state index contributed by atoms with van der Waals surface area (Å²) < 4.78 is 2.18. The molecule has 0 bridgehead atoms. The van der Waals surface area contributed by atoms with E-state index in [-0.39, 0.29) is 5.91 Å². The van der Waals surface area contributed by atoms with Crippen LogP contribution in [0.5, 0.6) is 0 Å². The van der Waals surface area contributed by atoms with Gasteiger partial charge in [0.25, 0.3) is 0 Å². The molecule has 1 amide bonds. The van der Waals surface area contributed by atoms with Gasteiger partial charge in [-0.2, -0.15) is 0 Å². The maximum absolute atomic E-state index is 12.9. The minimum Gasteiger partial charge on any atom is -0.311 e. The molecule has 1 aromatic carbocycles. The van der Waals surface area contributed by atoms with Crippen LogP contribution in [-0.2, 0) is 11.2 Å². The average Bonchev–Trinajstić information content (AvgIpc) is 3.51. The second kappa shape index (κ2) is 7.39. The van der Waals surface area contributed by atoms with Crippen molar-refractivity contribution in [3.8, 4) is 11.4 Å². The van der Waals surface area contributed by atoms with Gasteiger partial charge in [0.15, 0.2) is 11.0 Å². The lowest BCUT2D eigenvalue weighted by Gasteiger charge is -2.29. The zero-order chi connectivity index (χ0) is 18.9. The van der Waals surface area contributed by atoms with E-state index in [9.17, 15) is 4.79 Å². The summed E-state index contributed by atoms with van der Waals surface area (Å²) in [5.41, 5.74) is 3.27. The first-order chi connectivity index (χ1) is 13.8. The molecule has 7 heteroatoms.